The molecule has 2 unspecified atom stereocenters. The van der Waals surface area contributed by atoms with Crippen LogP contribution in [0.25, 0.3) is 0 Å². The first-order valence-electron chi connectivity index (χ1n) is 9.17. The van der Waals surface area contributed by atoms with Crippen molar-refractivity contribution >= 4 is 40.2 Å². The van der Waals surface area contributed by atoms with Crippen molar-refractivity contribution < 1.29 is 28.8 Å². The fourth-order valence-electron chi connectivity index (χ4n) is 2.84. The lowest BCUT2D eigenvalue weighted by atomic mass is 10.1. The Kier molecular flexibility index (Phi) is 6.75. The Morgan fingerprint density at radius 3 is 2.48 bits per heavy atom. The molecule has 10 nitrogen and oxygen atoms in total. The molecule has 0 aromatic heterocycles. The Hall–Kier alpha value is -3.60. The van der Waals surface area contributed by atoms with Crippen LogP contribution in [0.1, 0.15) is 12.5 Å². The Balaban J connectivity index is 1.62. The zero-order valence-corrected chi connectivity index (χ0v) is 17.4. The van der Waals surface area contributed by atoms with E-state index in [4.69, 9.17) is 9.47 Å². The van der Waals surface area contributed by atoms with Gasteiger partial charge in [0, 0.05) is 12.1 Å². The van der Waals surface area contributed by atoms with Gasteiger partial charge in [-0.05, 0) is 37.1 Å². The number of nitro benzene ring substituents is 1. The third-order valence-corrected chi connectivity index (χ3v) is 5.43. The van der Waals surface area contributed by atoms with Crippen molar-refractivity contribution in [2.24, 2.45) is 0 Å². The number of benzene rings is 2. The SMILES string of the molecule is COc1ccc([N+](=O)[O-])c(NC(=O)C(C)Oc2ccc(CC3SC(=O)NC3=O)cc2)c1. The summed E-state index contributed by atoms with van der Waals surface area (Å²) >= 11 is 0.953. The van der Waals surface area contributed by atoms with Gasteiger partial charge in [0.2, 0.25) is 5.91 Å². The number of nitrogens with zero attached hydrogens (tertiary/aromatic N) is 1. The number of carbonyl (C=O) groups excluding carboxylic acids is 3. The fourth-order valence-corrected chi connectivity index (χ4v) is 3.70. The van der Waals surface area contributed by atoms with Crippen molar-refractivity contribution in [3.63, 3.8) is 0 Å². The highest BCUT2D eigenvalue weighted by atomic mass is 32.2. The summed E-state index contributed by atoms with van der Waals surface area (Å²) in [4.78, 5) is 46.0. The van der Waals surface area contributed by atoms with E-state index in [1.807, 2.05) is 0 Å². The zero-order valence-electron chi connectivity index (χ0n) is 16.6. The van der Waals surface area contributed by atoms with E-state index in [-0.39, 0.29) is 22.5 Å². The van der Waals surface area contributed by atoms with Gasteiger partial charge in [-0.2, -0.15) is 0 Å². The van der Waals surface area contributed by atoms with Crippen LogP contribution in [0, 0.1) is 10.1 Å². The number of ether oxygens (including phenoxy) is 2. The number of imide groups is 1. The average molecular weight is 445 g/mol. The molecule has 1 aliphatic heterocycles. The maximum Gasteiger partial charge on any atom is 0.293 e. The third kappa shape index (κ3) is 5.51. The summed E-state index contributed by atoms with van der Waals surface area (Å²) in [5, 5.41) is 15.1. The summed E-state index contributed by atoms with van der Waals surface area (Å²) in [7, 11) is 1.41. The van der Waals surface area contributed by atoms with Gasteiger partial charge >= 0.3 is 0 Å². The van der Waals surface area contributed by atoms with E-state index in [0.717, 1.165) is 17.3 Å². The number of carbonyl (C=O) groups is 3. The van der Waals surface area contributed by atoms with E-state index in [0.29, 0.717) is 17.9 Å². The molecule has 1 saturated heterocycles. The molecule has 1 fully saturated rings. The number of nitro groups is 1. The number of methoxy groups -OCH3 is 1. The molecular formula is C20H19N3O7S. The van der Waals surface area contributed by atoms with Crippen molar-refractivity contribution in [3.05, 3.63) is 58.1 Å². The number of hydrogen-bond donors (Lipinski definition) is 2. The van der Waals surface area contributed by atoms with Crippen LogP contribution in [0.2, 0.25) is 0 Å². The standard InChI is InChI=1S/C20H19N3O7S/c1-11(18(24)21-15-10-14(29-2)7-8-16(15)23(27)28)30-13-5-3-12(4-6-13)9-17-19(25)22-20(26)31-17/h3-8,10-11,17H,9H2,1-2H3,(H,21,24)(H,22,25,26). The second-order valence-corrected chi connectivity index (χ2v) is 7.80. The van der Waals surface area contributed by atoms with E-state index in [1.165, 1.54) is 32.2 Å². The second-order valence-electron chi connectivity index (χ2n) is 6.62. The maximum atomic E-state index is 12.5. The first kappa shape index (κ1) is 22.1. The lowest BCUT2D eigenvalue weighted by Gasteiger charge is -2.15. The van der Waals surface area contributed by atoms with Crippen molar-refractivity contribution in [2.45, 2.75) is 24.7 Å². The molecule has 31 heavy (non-hydrogen) atoms. The number of rotatable bonds is 8. The third-order valence-electron chi connectivity index (χ3n) is 4.45. The molecule has 162 valence electrons. The fraction of sp³-hybridized carbons (Fsp3) is 0.250. The molecule has 0 saturated carbocycles. The van der Waals surface area contributed by atoms with Gasteiger partial charge in [0.05, 0.1) is 17.3 Å². The Morgan fingerprint density at radius 2 is 1.90 bits per heavy atom. The second kappa shape index (κ2) is 9.47. The molecule has 11 heteroatoms. The summed E-state index contributed by atoms with van der Waals surface area (Å²) in [6, 6.07) is 10.8. The van der Waals surface area contributed by atoms with E-state index in [1.54, 1.807) is 24.3 Å². The molecule has 0 aliphatic carbocycles. The number of amides is 3. The first-order chi connectivity index (χ1) is 14.8. The van der Waals surface area contributed by atoms with Crippen molar-refractivity contribution in [2.75, 3.05) is 12.4 Å². The van der Waals surface area contributed by atoms with Crippen LogP contribution in [0.5, 0.6) is 11.5 Å². The van der Waals surface area contributed by atoms with Gasteiger partial charge in [-0.3, -0.25) is 29.8 Å². The predicted molar refractivity (Wildman–Crippen MR) is 113 cm³/mol. The number of anilines is 1. The summed E-state index contributed by atoms with van der Waals surface area (Å²) in [5.74, 6) is -0.114. The van der Waals surface area contributed by atoms with E-state index in [2.05, 4.69) is 10.6 Å². The first-order valence-corrected chi connectivity index (χ1v) is 10.0. The maximum absolute atomic E-state index is 12.5. The minimum atomic E-state index is -0.939. The zero-order chi connectivity index (χ0) is 22.5. The number of nitrogens with one attached hydrogen (secondary N) is 2. The van der Waals surface area contributed by atoms with Crippen LogP contribution >= 0.6 is 11.8 Å². The van der Waals surface area contributed by atoms with Gasteiger partial charge in [-0.15, -0.1) is 0 Å². The molecule has 2 aromatic rings. The molecule has 3 rings (SSSR count). The van der Waals surface area contributed by atoms with Crippen molar-refractivity contribution in [1.82, 2.24) is 5.32 Å². The number of thioether (sulfide) groups is 1. The summed E-state index contributed by atoms with van der Waals surface area (Å²) in [5.41, 5.74) is 0.568. The van der Waals surface area contributed by atoms with E-state index >= 15 is 0 Å². The Labute approximate surface area is 181 Å². The van der Waals surface area contributed by atoms with Gasteiger partial charge in [0.25, 0.3) is 16.8 Å². The highest BCUT2D eigenvalue weighted by Gasteiger charge is 2.31. The van der Waals surface area contributed by atoms with Crippen LogP contribution in [0.4, 0.5) is 16.2 Å². The van der Waals surface area contributed by atoms with Crippen molar-refractivity contribution in [3.8, 4) is 11.5 Å². The van der Waals surface area contributed by atoms with Gasteiger partial charge < -0.3 is 14.8 Å². The molecule has 0 spiro atoms. The molecule has 0 bridgehead atoms. The molecule has 2 N–H and O–H groups in total. The van der Waals surface area contributed by atoms with Gasteiger partial charge in [0.15, 0.2) is 6.10 Å². The van der Waals surface area contributed by atoms with Crippen LogP contribution in [0.3, 0.4) is 0 Å². The lowest BCUT2D eigenvalue weighted by molar-refractivity contribution is -0.383. The highest BCUT2D eigenvalue weighted by Crippen LogP contribution is 2.29. The molecule has 2 aromatic carbocycles. The monoisotopic (exact) mass is 445 g/mol. The summed E-state index contributed by atoms with van der Waals surface area (Å²) in [6.45, 7) is 1.51. The van der Waals surface area contributed by atoms with Gasteiger partial charge in [-0.1, -0.05) is 23.9 Å². The van der Waals surface area contributed by atoms with Crippen LogP contribution in [0.15, 0.2) is 42.5 Å². The Morgan fingerprint density at radius 1 is 1.23 bits per heavy atom. The highest BCUT2D eigenvalue weighted by molar-refractivity contribution is 8.15. The molecule has 2 atom stereocenters. The smallest absolute Gasteiger partial charge is 0.293 e. The Bertz CT molecular complexity index is 1030. The van der Waals surface area contributed by atoms with E-state index in [9.17, 15) is 24.5 Å². The molecule has 0 radical (unpaired) electrons. The molecule has 1 heterocycles. The minimum Gasteiger partial charge on any atom is -0.497 e. The van der Waals surface area contributed by atoms with Crippen molar-refractivity contribution in [1.29, 1.82) is 0 Å². The average Bonchev–Trinajstić information content (AvgIpc) is 3.05. The van der Waals surface area contributed by atoms with Crippen LogP contribution in [-0.2, 0) is 16.0 Å². The largest absolute Gasteiger partial charge is 0.497 e. The van der Waals surface area contributed by atoms with E-state index < -0.39 is 22.2 Å². The lowest BCUT2D eigenvalue weighted by Crippen LogP contribution is -2.30. The predicted octanol–water partition coefficient (Wildman–Crippen LogP) is 2.90. The van der Waals surface area contributed by atoms with Gasteiger partial charge in [-0.25, -0.2) is 0 Å². The molecule has 1 aliphatic rings. The summed E-state index contributed by atoms with van der Waals surface area (Å²) < 4.78 is 10.7. The minimum absolute atomic E-state index is 0.00188. The quantitative estimate of drug-likeness (QED) is 0.467. The van der Waals surface area contributed by atoms with Crippen LogP contribution in [-0.4, -0.2) is 40.4 Å². The molecular weight excluding hydrogens is 426 g/mol. The van der Waals surface area contributed by atoms with Crippen LogP contribution < -0.4 is 20.1 Å². The molecule has 3 amide bonds. The van der Waals surface area contributed by atoms with Gasteiger partial charge in [0.1, 0.15) is 17.2 Å². The summed E-state index contributed by atoms with van der Waals surface area (Å²) in [6.07, 6.45) is -0.552. The number of hydrogen-bond acceptors (Lipinski definition) is 8. The normalized spacial score (nSPS) is 16.4. The topological polar surface area (TPSA) is 137 Å².